The van der Waals surface area contributed by atoms with Gasteiger partial charge < -0.3 is 0 Å². The van der Waals surface area contributed by atoms with Crippen LogP contribution in [0.25, 0.3) is 11.1 Å². The number of amides is 1. The van der Waals surface area contributed by atoms with Crippen LogP contribution in [0.2, 0.25) is 5.02 Å². The van der Waals surface area contributed by atoms with Gasteiger partial charge in [0.25, 0.3) is 11.6 Å². The minimum Gasteiger partial charge on any atom is -0.267 e. The Morgan fingerprint density at radius 3 is 2.33 bits per heavy atom. The summed E-state index contributed by atoms with van der Waals surface area (Å²) in [5.41, 5.74) is 5.11. The number of nitro benzene ring substituents is 1. The zero-order valence-corrected chi connectivity index (χ0v) is 14.8. The van der Waals surface area contributed by atoms with E-state index in [-0.39, 0.29) is 5.69 Å². The molecule has 0 aromatic heterocycles. The van der Waals surface area contributed by atoms with E-state index in [1.807, 2.05) is 42.5 Å². The molecule has 6 nitrogen and oxygen atoms in total. The first-order valence-electron chi connectivity index (χ1n) is 7.97. The zero-order chi connectivity index (χ0) is 19.2. The number of halogens is 1. The van der Waals surface area contributed by atoms with E-state index in [0.717, 1.165) is 11.1 Å². The van der Waals surface area contributed by atoms with Gasteiger partial charge in [0.05, 0.1) is 11.1 Å². The van der Waals surface area contributed by atoms with Gasteiger partial charge in [-0.15, -0.1) is 0 Å². The lowest BCUT2D eigenvalue weighted by molar-refractivity contribution is -0.384. The summed E-state index contributed by atoms with van der Waals surface area (Å²) in [7, 11) is 0. The monoisotopic (exact) mass is 379 g/mol. The number of hydrogen-bond acceptors (Lipinski definition) is 4. The summed E-state index contributed by atoms with van der Waals surface area (Å²) in [4.78, 5) is 22.5. The van der Waals surface area contributed by atoms with Gasteiger partial charge in [0.1, 0.15) is 0 Å². The molecule has 7 heteroatoms. The van der Waals surface area contributed by atoms with Crippen LogP contribution < -0.4 is 5.43 Å². The topological polar surface area (TPSA) is 84.6 Å². The van der Waals surface area contributed by atoms with Crippen LogP contribution in [-0.2, 0) is 0 Å². The first-order valence-corrected chi connectivity index (χ1v) is 8.35. The molecule has 3 rings (SSSR count). The lowest BCUT2D eigenvalue weighted by Crippen LogP contribution is -2.17. The van der Waals surface area contributed by atoms with E-state index in [9.17, 15) is 14.9 Å². The van der Waals surface area contributed by atoms with Gasteiger partial charge >= 0.3 is 0 Å². The third kappa shape index (κ3) is 4.56. The average molecular weight is 380 g/mol. The molecule has 0 atom stereocenters. The molecule has 3 aromatic carbocycles. The van der Waals surface area contributed by atoms with E-state index in [1.165, 1.54) is 24.4 Å². The summed E-state index contributed by atoms with van der Waals surface area (Å²) < 4.78 is 0. The predicted octanol–water partition coefficient (Wildman–Crippen LogP) is 4.68. The normalized spacial score (nSPS) is 10.7. The molecule has 0 saturated heterocycles. The molecule has 0 heterocycles. The molecule has 0 aliphatic heterocycles. The number of nitrogens with zero attached hydrogens (tertiary/aromatic N) is 2. The van der Waals surface area contributed by atoms with Gasteiger partial charge in [-0.2, -0.15) is 5.10 Å². The van der Waals surface area contributed by atoms with Crippen molar-refractivity contribution in [3.8, 4) is 11.1 Å². The van der Waals surface area contributed by atoms with Crippen molar-refractivity contribution in [1.82, 2.24) is 5.43 Å². The fourth-order valence-electron chi connectivity index (χ4n) is 2.41. The molecule has 0 unspecified atom stereocenters. The van der Waals surface area contributed by atoms with Crippen molar-refractivity contribution in [3.63, 3.8) is 0 Å². The second kappa shape index (κ2) is 8.25. The third-order valence-corrected chi connectivity index (χ3v) is 4.16. The van der Waals surface area contributed by atoms with E-state index in [2.05, 4.69) is 10.5 Å². The largest absolute Gasteiger partial charge is 0.271 e. The Labute approximate surface area is 160 Å². The Bertz CT molecular complexity index is 1000. The van der Waals surface area contributed by atoms with Crippen molar-refractivity contribution in [2.45, 2.75) is 0 Å². The molecule has 134 valence electrons. The maximum absolute atomic E-state index is 12.2. The zero-order valence-electron chi connectivity index (χ0n) is 14.0. The number of benzene rings is 3. The van der Waals surface area contributed by atoms with Crippen LogP contribution in [0.1, 0.15) is 15.9 Å². The van der Waals surface area contributed by atoms with Gasteiger partial charge in [-0.25, -0.2) is 5.43 Å². The molecule has 27 heavy (non-hydrogen) atoms. The van der Waals surface area contributed by atoms with Crippen molar-refractivity contribution < 1.29 is 9.72 Å². The maximum Gasteiger partial charge on any atom is 0.271 e. The Balaban J connectivity index is 1.68. The summed E-state index contributed by atoms with van der Waals surface area (Å²) >= 11 is 5.98. The van der Waals surface area contributed by atoms with Gasteiger partial charge in [0.15, 0.2) is 0 Å². The fraction of sp³-hybridized carbons (Fsp3) is 0. The molecular weight excluding hydrogens is 366 g/mol. The molecule has 0 saturated carbocycles. The van der Waals surface area contributed by atoms with Crippen molar-refractivity contribution >= 4 is 29.4 Å². The second-order valence-electron chi connectivity index (χ2n) is 5.61. The van der Waals surface area contributed by atoms with E-state index < -0.39 is 10.8 Å². The summed E-state index contributed by atoms with van der Waals surface area (Å²) in [6.45, 7) is 0. The molecule has 0 fully saturated rings. The summed E-state index contributed by atoms with van der Waals surface area (Å²) in [6, 6.07) is 20.9. The number of carbonyl (C=O) groups is 1. The van der Waals surface area contributed by atoms with E-state index in [4.69, 9.17) is 11.6 Å². The number of hydrazone groups is 1. The van der Waals surface area contributed by atoms with Gasteiger partial charge in [0.2, 0.25) is 0 Å². The highest BCUT2D eigenvalue weighted by Crippen LogP contribution is 2.21. The van der Waals surface area contributed by atoms with Crippen LogP contribution >= 0.6 is 11.6 Å². The number of hydrogen-bond donors (Lipinski definition) is 1. The van der Waals surface area contributed by atoms with Crippen molar-refractivity contribution in [3.05, 3.63) is 99.1 Å². The molecule has 0 radical (unpaired) electrons. The Morgan fingerprint density at radius 1 is 1.00 bits per heavy atom. The minimum atomic E-state index is -0.527. The summed E-state index contributed by atoms with van der Waals surface area (Å²) in [6.07, 6.45) is 1.27. The lowest BCUT2D eigenvalue weighted by Gasteiger charge is -2.04. The first-order chi connectivity index (χ1) is 13.0. The summed E-state index contributed by atoms with van der Waals surface area (Å²) in [5, 5.41) is 14.9. The Hall–Kier alpha value is -3.51. The second-order valence-corrected chi connectivity index (χ2v) is 6.01. The third-order valence-electron chi connectivity index (χ3n) is 3.81. The highest BCUT2D eigenvalue weighted by molar-refractivity contribution is 6.33. The number of carbonyl (C=O) groups excluding carboxylic acids is 1. The predicted molar refractivity (Wildman–Crippen MR) is 105 cm³/mol. The van der Waals surface area contributed by atoms with Crippen molar-refractivity contribution in [2.24, 2.45) is 5.10 Å². The quantitative estimate of drug-likeness (QED) is 0.397. The molecule has 3 aromatic rings. The van der Waals surface area contributed by atoms with Crippen LogP contribution in [0.15, 0.2) is 77.9 Å². The minimum absolute atomic E-state index is 0.108. The van der Waals surface area contributed by atoms with E-state index >= 15 is 0 Å². The molecule has 0 aliphatic rings. The first kappa shape index (κ1) is 18.3. The van der Waals surface area contributed by atoms with Crippen LogP contribution in [0.5, 0.6) is 0 Å². The number of nitro groups is 1. The van der Waals surface area contributed by atoms with Gasteiger partial charge in [-0.1, -0.05) is 54.1 Å². The SMILES string of the molecule is O=C(N/N=C\c1cc([N+](=O)[O-])ccc1Cl)c1ccc(-c2ccccc2)cc1. The molecule has 1 amide bonds. The molecule has 0 spiro atoms. The number of non-ortho nitro benzene ring substituents is 1. The fourth-order valence-corrected chi connectivity index (χ4v) is 2.58. The van der Waals surface area contributed by atoms with Gasteiger partial charge in [-0.3, -0.25) is 14.9 Å². The Kier molecular flexibility index (Phi) is 5.58. The van der Waals surface area contributed by atoms with Crippen LogP contribution in [0.3, 0.4) is 0 Å². The van der Waals surface area contributed by atoms with Crippen molar-refractivity contribution in [1.29, 1.82) is 0 Å². The Morgan fingerprint density at radius 2 is 1.67 bits per heavy atom. The van der Waals surface area contributed by atoms with Gasteiger partial charge in [0, 0.05) is 28.3 Å². The van der Waals surface area contributed by atoms with Crippen LogP contribution in [0.4, 0.5) is 5.69 Å². The molecular formula is C20H14ClN3O3. The lowest BCUT2D eigenvalue weighted by atomic mass is 10.0. The van der Waals surface area contributed by atoms with E-state index in [1.54, 1.807) is 12.1 Å². The van der Waals surface area contributed by atoms with Crippen molar-refractivity contribution in [2.75, 3.05) is 0 Å². The highest BCUT2D eigenvalue weighted by atomic mass is 35.5. The molecule has 0 bridgehead atoms. The highest BCUT2D eigenvalue weighted by Gasteiger charge is 2.09. The maximum atomic E-state index is 12.2. The van der Waals surface area contributed by atoms with Gasteiger partial charge in [-0.05, 0) is 29.3 Å². The van der Waals surface area contributed by atoms with E-state index in [0.29, 0.717) is 16.1 Å². The number of rotatable bonds is 5. The smallest absolute Gasteiger partial charge is 0.267 e. The van der Waals surface area contributed by atoms with Crippen LogP contribution in [-0.4, -0.2) is 17.0 Å². The average Bonchev–Trinajstić information content (AvgIpc) is 2.70. The molecule has 1 N–H and O–H groups in total. The molecule has 0 aliphatic carbocycles. The standard InChI is InChI=1S/C20H14ClN3O3/c21-19-11-10-18(24(26)27)12-17(19)13-22-23-20(25)16-8-6-15(7-9-16)14-4-2-1-3-5-14/h1-13H,(H,23,25)/b22-13-. The van der Waals surface area contributed by atoms with Crippen LogP contribution in [0, 0.1) is 10.1 Å². The number of nitrogens with one attached hydrogen (secondary N) is 1. The summed E-state index contributed by atoms with van der Waals surface area (Å²) in [5.74, 6) is -0.396.